The summed E-state index contributed by atoms with van der Waals surface area (Å²) in [6, 6.07) is 15.3. The first kappa shape index (κ1) is 76.0. The van der Waals surface area contributed by atoms with E-state index in [0.29, 0.717) is 67.6 Å². The van der Waals surface area contributed by atoms with Gasteiger partial charge in [-0.1, -0.05) is 51.0 Å². The van der Waals surface area contributed by atoms with Gasteiger partial charge >= 0.3 is 6.16 Å². The molecule has 29 heteroatoms. The average Bonchev–Trinajstić information content (AvgIpc) is 1.19. The summed E-state index contributed by atoms with van der Waals surface area (Å²) < 4.78 is 10.0. The Labute approximate surface area is 541 Å². The van der Waals surface area contributed by atoms with Crippen LogP contribution in [0.5, 0.6) is 5.75 Å². The number of aliphatic hydroxyl groups excluding tert-OH is 1. The molecule has 5 rings (SSSR count). The van der Waals surface area contributed by atoms with Crippen LogP contribution in [0.4, 0.5) is 21.9 Å². The van der Waals surface area contributed by atoms with Gasteiger partial charge in [0.15, 0.2) is 11.6 Å². The van der Waals surface area contributed by atoms with Crippen LogP contribution < -0.4 is 37.5 Å². The molecule has 0 radical (unpaired) electrons. The monoisotopic (exact) mass is 1310 g/mol. The van der Waals surface area contributed by atoms with Crippen LogP contribution in [0.3, 0.4) is 0 Å². The normalized spacial score (nSPS) is 14.3. The minimum absolute atomic E-state index is 0.0124. The number of ether oxygens (including phenoxy) is 2. The first-order valence-corrected chi connectivity index (χ1v) is 30.4. The molecule has 6 atom stereocenters. The number of unbranched alkanes of at least 4 members (excludes halogenated alkanes) is 4. The fourth-order valence-electron chi connectivity index (χ4n) is 9.40. The lowest BCUT2D eigenvalue weighted by Gasteiger charge is -2.20. The van der Waals surface area contributed by atoms with Gasteiger partial charge in [-0.2, -0.15) is 0 Å². The van der Waals surface area contributed by atoms with Crippen molar-refractivity contribution in [3.8, 4) is 5.75 Å². The third-order valence-electron chi connectivity index (χ3n) is 14.9. The average molecular weight is 1310 g/mol. The van der Waals surface area contributed by atoms with Crippen molar-refractivity contribution in [3.05, 3.63) is 118 Å². The lowest BCUT2D eigenvalue weighted by molar-refractivity contribution is -0.384. The number of carbonyl (C=O) groups excluding carboxylic acids is 15. The highest BCUT2D eigenvalue weighted by atomic mass is 16.7. The van der Waals surface area contributed by atoms with Crippen molar-refractivity contribution in [1.82, 2.24) is 20.4 Å². The minimum atomic E-state index is -1.14. The number of nitro groups is 1. The third-order valence-corrected chi connectivity index (χ3v) is 14.9. The van der Waals surface area contributed by atoms with E-state index >= 15 is 0 Å². The van der Waals surface area contributed by atoms with Crippen molar-refractivity contribution in [3.63, 3.8) is 0 Å². The van der Waals surface area contributed by atoms with Gasteiger partial charge < -0.3 is 47.3 Å². The van der Waals surface area contributed by atoms with E-state index in [4.69, 9.17) is 26.0 Å². The van der Waals surface area contributed by atoms with Gasteiger partial charge in [0.05, 0.1) is 35.4 Å². The maximum Gasteiger partial charge on any atom is 0.514 e. The topological polar surface area (TPSA) is 445 Å². The largest absolute Gasteiger partial charge is 0.514 e. The maximum atomic E-state index is 13.1. The molecule has 0 spiro atoms. The summed E-state index contributed by atoms with van der Waals surface area (Å²) in [6.07, 6.45) is 6.16. The minimum Gasteiger partial charge on any atom is -0.429 e. The number of nitrogens with zero attached hydrogens (tertiary/aromatic N) is 3. The van der Waals surface area contributed by atoms with Crippen LogP contribution in [0.15, 0.2) is 97.1 Å². The molecule has 0 unspecified atom stereocenters. The number of hydrogen-bond acceptors (Lipinski definition) is 20. The van der Waals surface area contributed by atoms with Gasteiger partial charge in [0.25, 0.3) is 29.3 Å². The fourth-order valence-corrected chi connectivity index (χ4v) is 9.40. The molecule has 3 aromatic carbocycles. The van der Waals surface area contributed by atoms with Crippen LogP contribution in [0.1, 0.15) is 129 Å². The van der Waals surface area contributed by atoms with E-state index in [-0.39, 0.29) is 105 Å². The molecule has 0 fully saturated rings. The van der Waals surface area contributed by atoms with Crippen LogP contribution in [0.2, 0.25) is 0 Å². The molecule has 2 aliphatic rings. The molecular weight excluding hydrogens is 1230 g/mol. The predicted octanol–water partition coefficient (Wildman–Crippen LogP) is 4.44. The molecule has 0 aromatic heterocycles. The Morgan fingerprint density at radius 2 is 0.894 bits per heavy atom. The van der Waals surface area contributed by atoms with E-state index in [9.17, 15) is 82.0 Å². The molecule has 94 heavy (non-hydrogen) atoms. The Kier molecular flexibility index (Phi) is 31.1. The zero-order valence-electron chi connectivity index (χ0n) is 52.6. The van der Waals surface area contributed by atoms with Gasteiger partial charge in [0.2, 0.25) is 35.4 Å². The van der Waals surface area contributed by atoms with Gasteiger partial charge in [-0.25, -0.2) is 4.79 Å². The number of benzene rings is 3. The second-order valence-electron chi connectivity index (χ2n) is 22.7. The molecule has 3 aromatic rings. The summed E-state index contributed by atoms with van der Waals surface area (Å²) in [4.78, 5) is 196. The zero-order chi connectivity index (χ0) is 69.6. The number of rotatable bonds is 39. The number of amides is 10. The number of ketones is 4. The van der Waals surface area contributed by atoms with Crippen molar-refractivity contribution in [2.45, 2.75) is 143 Å². The van der Waals surface area contributed by atoms with Crippen molar-refractivity contribution in [2.75, 3.05) is 23.7 Å². The Hall–Kier alpha value is -10.5. The molecule has 9 N–H and O–H groups in total. The second-order valence-corrected chi connectivity index (χ2v) is 22.7. The molecule has 10 amide bonds. The van der Waals surface area contributed by atoms with E-state index in [1.165, 1.54) is 74.5 Å². The molecule has 504 valence electrons. The summed E-state index contributed by atoms with van der Waals surface area (Å²) >= 11 is 0. The second kappa shape index (κ2) is 38.4. The lowest BCUT2D eigenvalue weighted by atomic mass is 9.94. The number of carbonyl (C=O) groups is 15. The predicted molar refractivity (Wildman–Crippen MR) is 335 cm³/mol. The van der Waals surface area contributed by atoms with Gasteiger partial charge in [-0.15, -0.1) is 0 Å². The van der Waals surface area contributed by atoms with Crippen LogP contribution in [0.25, 0.3) is 0 Å². The molecule has 2 aliphatic heterocycles. The molecule has 0 saturated heterocycles. The molecule has 0 bridgehead atoms. The summed E-state index contributed by atoms with van der Waals surface area (Å²) in [5.74, 6) is -10.1. The number of primary amides is 2. The fraction of sp³-hybridized carbons (Fsp3) is 0.431. The number of nitrogens with one attached hydrogen (secondary N) is 4. The Morgan fingerprint density at radius 1 is 0.511 bits per heavy atom. The summed E-state index contributed by atoms with van der Waals surface area (Å²) in [5, 5.41) is 30.3. The first-order chi connectivity index (χ1) is 44.5. The van der Waals surface area contributed by atoms with Crippen LogP contribution in [-0.2, 0) is 85.1 Å². The van der Waals surface area contributed by atoms with E-state index in [1.807, 2.05) is 0 Å². The van der Waals surface area contributed by atoms with E-state index < -0.39 is 107 Å². The highest BCUT2D eigenvalue weighted by Crippen LogP contribution is 2.22. The van der Waals surface area contributed by atoms with Crippen molar-refractivity contribution in [1.29, 1.82) is 0 Å². The standard InChI is InChI=1S/C36H41N5O12.C29H38N4O8/c1-22(18-28(42)6-4-3-5-17-40-32(45)15-16-33(40)46)34(47)38-23(2)30(43)19-25(20-31(37)44)35(48)39-26-9-7-24(8-10-26)21-52-36(49)53-29-13-11-27(12-14-29)41(50)51;1-18(14-23(35)6-4-3-5-13-33-26(38)11-12-27(33)39)28(40)31-19(2)24(36)15-21(16-25(30)37)29(41)32-22-9-7-20(17-34)8-10-22/h7-16,22-23,25H,3-6,17-21H2,1-2H3,(H2,37,44)(H,38,47)(H,39,48);7-12,18-19,21,34H,3-6,13-17H2,1-2H3,(H2,30,37)(H,31,40)(H,32,41)/t22-,23+,25+;18-,19+,21+/m11/s1. The molecular formula is C65H79N9O20. The number of nitrogens with two attached hydrogens (primary N) is 2. The quantitative estimate of drug-likeness (QED) is 0.0104. The molecule has 0 aliphatic carbocycles. The third kappa shape index (κ3) is 26.8. The van der Waals surface area contributed by atoms with Crippen molar-refractivity contribution in [2.24, 2.45) is 35.1 Å². The summed E-state index contributed by atoms with van der Waals surface area (Å²) in [6.45, 7) is 6.24. The van der Waals surface area contributed by atoms with Gasteiger partial charge in [0.1, 0.15) is 23.9 Å². The number of Topliss-reactive ketones (excluding diaryl/α,β-unsaturated/α-hetero) is 4. The van der Waals surface area contributed by atoms with Crippen molar-refractivity contribution >= 4 is 105 Å². The molecule has 29 nitrogen and oxygen atoms in total. The SMILES string of the molecule is C[C@H](CC(=O)CCCCCN1C(=O)C=CC1=O)C(=O)N[C@@H](C)C(=O)C[C@@H](CC(N)=O)C(=O)Nc1ccc(CO)cc1.C[C@H](CC(=O)CCCCCN1C(=O)C=CC1=O)C(=O)N[C@@H](C)C(=O)C[C@@H](CC(N)=O)C(=O)Nc1ccc(COC(=O)Oc2ccc([N+](=O)[O-])cc2)cc1. The van der Waals surface area contributed by atoms with Gasteiger partial charge in [0, 0.05) is 124 Å². The molecule has 2 heterocycles. The van der Waals surface area contributed by atoms with E-state index in [1.54, 1.807) is 50.2 Å². The summed E-state index contributed by atoms with van der Waals surface area (Å²) in [5.41, 5.74) is 12.3. The molecule has 0 saturated carbocycles. The zero-order valence-corrected chi connectivity index (χ0v) is 52.6. The number of hydrogen-bond donors (Lipinski definition) is 7. The summed E-state index contributed by atoms with van der Waals surface area (Å²) in [7, 11) is 0. The van der Waals surface area contributed by atoms with Gasteiger partial charge in [-0.05, 0) is 87.1 Å². The smallest absolute Gasteiger partial charge is 0.429 e. The highest BCUT2D eigenvalue weighted by molar-refractivity contribution is 6.13. The highest BCUT2D eigenvalue weighted by Gasteiger charge is 2.31. The Bertz CT molecular complexity index is 3310. The number of anilines is 2. The maximum absolute atomic E-state index is 13.1. The van der Waals surface area contributed by atoms with Crippen molar-refractivity contribution < 1.29 is 91.4 Å². The van der Waals surface area contributed by atoms with Crippen LogP contribution >= 0.6 is 0 Å². The van der Waals surface area contributed by atoms with Crippen LogP contribution in [-0.4, -0.2) is 133 Å². The number of nitro benzene ring substituents is 1. The number of non-ortho nitro benzene ring substituents is 1. The Morgan fingerprint density at radius 3 is 1.26 bits per heavy atom. The lowest BCUT2D eigenvalue weighted by Crippen LogP contribution is -2.43. The van der Waals surface area contributed by atoms with Gasteiger partial charge in [-0.3, -0.25) is 87.0 Å². The Balaban J connectivity index is 0.000000414. The van der Waals surface area contributed by atoms with Crippen LogP contribution in [0, 0.1) is 33.8 Å². The number of aliphatic hydroxyl groups is 1. The van der Waals surface area contributed by atoms with E-state index in [2.05, 4.69) is 21.3 Å². The van der Waals surface area contributed by atoms with E-state index in [0.717, 1.165) is 9.80 Å². The number of imide groups is 2. The first-order valence-electron chi connectivity index (χ1n) is 30.4.